The third-order valence-electron chi connectivity index (χ3n) is 3.38. The van der Waals surface area contributed by atoms with Gasteiger partial charge in [-0.3, -0.25) is 0 Å². The number of hydrogen-bond donors (Lipinski definition) is 1. The van der Waals surface area contributed by atoms with Crippen molar-refractivity contribution in [3.05, 3.63) is 52.0 Å². The van der Waals surface area contributed by atoms with Crippen molar-refractivity contribution in [1.29, 1.82) is 0 Å². The molecule has 1 heterocycles. The number of aliphatic hydroxyl groups excluding tert-OH is 1. The lowest BCUT2D eigenvalue weighted by molar-refractivity contribution is 0.217. The topological polar surface area (TPSA) is 42.6 Å². The van der Waals surface area contributed by atoms with Gasteiger partial charge in [0.15, 0.2) is 0 Å². The highest BCUT2D eigenvalue weighted by Gasteiger charge is 2.18. The fourth-order valence-electron chi connectivity index (χ4n) is 2.57. The van der Waals surface area contributed by atoms with Crippen LogP contribution >= 0.6 is 0 Å². The fraction of sp³-hybridized carbons (Fsp3) is 0.375. The number of aryl methyl sites for hydroxylation is 4. The predicted molar refractivity (Wildman–Crippen MR) is 74.7 cm³/mol. The molecule has 3 heteroatoms. The molecule has 2 aromatic rings. The first-order valence-corrected chi connectivity index (χ1v) is 6.34. The maximum Gasteiger partial charge on any atom is 0.124 e. The Morgan fingerprint density at radius 3 is 2.05 bits per heavy atom. The Morgan fingerprint density at radius 2 is 1.63 bits per heavy atom. The Balaban J connectivity index is 2.45. The predicted octanol–water partition coefficient (Wildman–Crippen LogP) is 3.60. The van der Waals surface area contributed by atoms with Crippen LogP contribution in [0.5, 0.6) is 5.75 Å². The second-order valence-electron chi connectivity index (χ2n) is 4.96. The molecule has 0 aliphatic rings. The van der Waals surface area contributed by atoms with E-state index in [1.54, 1.807) is 7.11 Å². The van der Waals surface area contributed by atoms with Crippen molar-refractivity contribution in [3.8, 4) is 5.75 Å². The number of hydrogen-bond acceptors (Lipinski definition) is 3. The third kappa shape index (κ3) is 2.51. The summed E-state index contributed by atoms with van der Waals surface area (Å²) in [7, 11) is 1.66. The molecular formula is C16H20O3. The zero-order chi connectivity index (χ0) is 14.2. The second kappa shape index (κ2) is 5.10. The molecule has 0 aliphatic heterocycles. The van der Waals surface area contributed by atoms with Gasteiger partial charge in [-0.05, 0) is 62.6 Å². The highest BCUT2D eigenvalue weighted by molar-refractivity contribution is 5.46. The van der Waals surface area contributed by atoms with Crippen molar-refractivity contribution in [2.45, 2.75) is 33.8 Å². The normalized spacial score (nSPS) is 12.5. The van der Waals surface area contributed by atoms with Crippen LogP contribution < -0.4 is 4.74 Å². The van der Waals surface area contributed by atoms with E-state index in [2.05, 4.69) is 0 Å². The fourth-order valence-corrected chi connectivity index (χ4v) is 2.57. The van der Waals surface area contributed by atoms with Crippen molar-refractivity contribution >= 4 is 0 Å². The van der Waals surface area contributed by atoms with Gasteiger partial charge in [0.2, 0.25) is 0 Å². The zero-order valence-electron chi connectivity index (χ0n) is 12.1. The third-order valence-corrected chi connectivity index (χ3v) is 3.38. The molecule has 0 saturated carbocycles. The molecule has 102 valence electrons. The SMILES string of the molecule is COc1c(C)cc(C(O)c2cc(C)oc2C)cc1C. The van der Waals surface area contributed by atoms with Crippen LogP contribution in [0.2, 0.25) is 0 Å². The average Bonchev–Trinajstić information content (AvgIpc) is 2.67. The lowest BCUT2D eigenvalue weighted by Gasteiger charge is -2.15. The van der Waals surface area contributed by atoms with Gasteiger partial charge in [-0.15, -0.1) is 0 Å². The second-order valence-corrected chi connectivity index (χ2v) is 4.96. The van der Waals surface area contributed by atoms with E-state index in [9.17, 15) is 5.11 Å². The summed E-state index contributed by atoms with van der Waals surface area (Å²) in [6.45, 7) is 7.72. The minimum atomic E-state index is -0.666. The number of ether oxygens (including phenoxy) is 1. The van der Waals surface area contributed by atoms with Crippen LogP contribution in [0.4, 0.5) is 0 Å². The summed E-state index contributed by atoms with van der Waals surface area (Å²) in [6.07, 6.45) is -0.666. The van der Waals surface area contributed by atoms with Crippen molar-refractivity contribution in [2.24, 2.45) is 0 Å². The summed E-state index contributed by atoms with van der Waals surface area (Å²) in [5, 5.41) is 10.5. The van der Waals surface area contributed by atoms with Gasteiger partial charge in [0.1, 0.15) is 23.4 Å². The first kappa shape index (κ1) is 13.7. The summed E-state index contributed by atoms with van der Waals surface area (Å²) in [6, 6.07) is 5.80. The average molecular weight is 260 g/mol. The Bertz CT molecular complexity index is 573. The molecule has 0 amide bonds. The molecule has 1 unspecified atom stereocenters. The largest absolute Gasteiger partial charge is 0.496 e. The molecule has 1 aromatic heterocycles. The van der Waals surface area contributed by atoms with Crippen molar-refractivity contribution in [1.82, 2.24) is 0 Å². The monoisotopic (exact) mass is 260 g/mol. The van der Waals surface area contributed by atoms with E-state index < -0.39 is 6.10 Å². The van der Waals surface area contributed by atoms with Crippen LogP contribution in [0.25, 0.3) is 0 Å². The van der Waals surface area contributed by atoms with Gasteiger partial charge in [0, 0.05) is 5.56 Å². The molecule has 2 rings (SSSR count). The van der Waals surface area contributed by atoms with Gasteiger partial charge >= 0.3 is 0 Å². The maximum atomic E-state index is 10.5. The van der Waals surface area contributed by atoms with E-state index >= 15 is 0 Å². The van der Waals surface area contributed by atoms with Crippen LogP contribution in [-0.4, -0.2) is 12.2 Å². The van der Waals surface area contributed by atoms with E-state index in [0.717, 1.165) is 39.5 Å². The van der Waals surface area contributed by atoms with Crippen molar-refractivity contribution in [3.63, 3.8) is 0 Å². The number of benzene rings is 1. The molecule has 19 heavy (non-hydrogen) atoms. The molecule has 0 aliphatic carbocycles. The van der Waals surface area contributed by atoms with E-state index in [0.29, 0.717) is 0 Å². The molecule has 1 atom stereocenters. The molecule has 0 fully saturated rings. The van der Waals surface area contributed by atoms with E-state index in [-0.39, 0.29) is 0 Å². The highest BCUT2D eigenvalue weighted by atomic mass is 16.5. The van der Waals surface area contributed by atoms with Crippen molar-refractivity contribution in [2.75, 3.05) is 7.11 Å². The quantitative estimate of drug-likeness (QED) is 0.916. The standard InChI is InChI=1S/C16H20O3/c1-9-6-13(7-10(2)16(9)18-5)15(17)14-8-11(3)19-12(14)4/h6-8,15,17H,1-5H3. The lowest BCUT2D eigenvalue weighted by atomic mass is 9.97. The van der Waals surface area contributed by atoms with Crippen molar-refractivity contribution < 1.29 is 14.3 Å². The molecule has 3 nitrogen and oxygen atoms in total. The minimum Gasteiger partial charge on any atom is -0.496 e. The van der Waals surface area contributed by atoms with Gasteiger partial charge < -0.3 is 14.3 Å². The van der Waals surface area contributed by atoms with E-state index in [4.69, 9.17) is 9.15 Å². The van der Waals surface area contributed by atoms with Gasteiger partial charge in [-0.1, -0.05) is 0 Å². The van der Waals surface area contributed by atoms with Crippen LogP contribution in [0, 0.1) is 27.7 Å². The Hall–Kier alpha value is -1.74. The summed E-state index contributed by atoms with van der Waals surface area (Å²) < 4.78 is 10.8. The summed E-state index contributed by atoms with van der Waals surface area (Å²) in [5.41, 5.74) is 3.73. The van der Waals surface area contributed by atoms with Crippen LogP contribution in [0.1, 0.15) is 39.9 Å². The molecule has 1 aromatic carbocycles. The Kier molecular flexibility index (Phi) is 3.67. The van der Waals surface area contributed by atoms with E-state index in [1.165, 1.54) is 0 Å². The zero-order valence-corrected chi connectivity index (χ0v) is 12.1. The molecule has 0 bridgehead atoms. The number of furan rings is 1. The first-order chi connectivity index (χ1) is 8.93. The van der Waals surface area contributed by atoms with Crippen LogP contribution in [0.3, 0.4) is 0 Å². The number of methoxy groups -OCH3 is 1. The Labute approximate surface area is 113 Å². The maximum absolute atomic E-state index is 10.5. The highest BCUT2D eigenvalue weighted by Crippen LogP contribution is 2.32. The minimum absolute atomic E-state index is 0.666. The van der Waals surface area contributed by atoms with Gasteiger partial charge in [0.25, 0.3) is 0 Å². The smallest absolute Gasteiger partial charge is 0.124 e. The summed E-state index contributed by atoms with van der Waals surface area (Å²) in [4.78, 5) is 0. The molecule has 0 saturated heterocycles. The van der Waals surface area contributed by atoms with Gasteiger partial charge in [-0.25, -0.2) is 0 Å². The van der Waals surface area contributed by atoms with Gasteiger partial charge in [0.05, 0.1) is 7.11 Å². The molecule has 0 spiro atoms. The summed E-state index contributed by atoms with van der Waals surface area (Å²) in [5.74, 6) is 2.45. The lowest BCUT2D eigenvalue weighted by Crippen LogP contribution is -2.02. The van der Waals surface area contributed by atoms with Gasteiger partial charge in [-0.2, -0.15) is 0 Å². The Morgan fingerprint density at radius 1 is 1.05 bits per heavy atom. The molecule has 1 N–H and O–H groups in total. The van der Waals surface area contributed by atoms with Crippen LogP contribution in [0.15, 0.2) is 22.6 Å². The molecule has 0 radical (unpaired) electrons. The van der Waals surface area contributed by atoms with Crippen LogP contribution in [-0.2, 0) is 0 Å². The summed E-state index contributed by atoms with van der Waals surface area (Å²) >= 11 is 0. The number of aliphatic hydroxyl groups is 1. The number of rotatable bonds is 3. The van der Waals surface area contributed by atoms with E-state index in [1.807, 2.05) is 45.9 Å². The molecular weight excluding hydrogens is 240 g/mol. The first-order valence-electron chi connectivity index (χ1n) is 6.34.